The first-order chi connectivity index (χ1) is 10.9. The minimum atomic E-state index is 0.158. The van der Waals surface area contributed by atoms with E-state index in [4.69, 9.17) is 11.6 Å². The number of halogens is 2. The van der Waals surface area contributed by atoms with Crippen molar-refractivity contribution in [2.24, 2.45) is 0 Å². The van der Waals surface area contributed by atoms with Gasteiger partial charge in [-0.1, -0.05) is 47.3 Å². The second-order valence-corrected chi connectivity index (χ2v) is 8.28. The van der Waals surface area contributed by atoms with Crippen molar-refractivity contribution < 1.29 is 0 Å². The van der Waals surface area contributed by atoms with Crippen LogP contribution in [0, 0.1) is 13.8 Å². The third kappa shape index (κ3) is 3.46. The van der Waals surface area contributed by atoms with E-state index in [-0.39, 0.29) is 5.41 Å². The molecule has 1 aromatic heterocycles. The van der Waals surface area contributed by atoms with Crippen molar-refractivity contribution in [3.05, 3.63) is 55.8 Å². The van der Waals surface area contributed by atoms with Gasteiger partial charge in [0.1, 0.15) is 0 Å². The molecule has 1 aliphatic rings. The van der Waals surface area contributed by atoms with Crippen molar-refractivity contribution in [3.8, 4) is 0 Å². The van der Waals surface area contributed by atoms with Crippen molar-refractivity contribution in [1.82, 2.24) is 10.2 Å². The molecule has 1 heterocycles. The average molecular weight is 394 g/mol. The van der Waals surface area contributed by atoms with Crippen LogP contribution in [0.3, 0.4) is 0 Å². The number of rotatable bonds is 3. The van der Waals surface area contributed by atoms with Crippen LogP contribution in [0.5, 0.6) is 0 Å². The Morgan fingerprint density at radius 2 is 1.70 bits per heavy atom. The Balaban J connectivity index is 1.96. The lowest BCUT2D eigenvalue weighted by Gasteiger charge is -2.25. The number of aryl methyl sites for hydroxylation is 2. The smallest absolute Gasteiger partial charge is 0.154 e. The Labute approximate surface area is 151 Å². The van der Waals surface area contributed by atoms with Gasteiger partial charge in [-0.25, -0.2) is 0 Å². The predicted molar refractivity (Wildman–Crippen MR) is 99.3 cm³/mol. The molecule has 1 fully saturated rings. The third-order valence-electron chi connectivity index (χ3n) is 5.18. The van der Waals surface area contributed by atoms with Gasteiger partial charge < -0.3 is 0 Å². The zero-order valence-electron chi connectivity index (χ0n) is 13.9. The Kier molecular flexibility index (Phi) is 4.80. The molecule has 0 saturated heterocycles. The number of hydrogen-bond acceptors (Lipinski definition) is 2. The van der Waals surface area contributed by atoms with Crippen LogP contribution in [0.25, 0.3) is 0 Å². The minimum absolute atomic E-state index is 0.158. The summed E-state index contributed by atoms with van der Waals surface area (Å²) >= 11 is 9.93. The molecule has 1 aromatic carbocycles. The van der Waals surface area contributed by atoms with E-state index in [9.17, 15) is 0 Å². The first-order valence-corrected chi connectivity index (χ1v) is 9.34. The second-order valence-electron chi connectivity index (χ2n) is 7.00. The third-order valence-corrected chi connectivity index (χ3v) is 5.91. The largest absolute Gasteiger partial charge is 0.155 e. The van der Waals surface area contributed by atoms with Crippen LogP contribution in [-0.2, 0) is 11.8 Å². The fourth-order valence-electron chi connectivity index (χ4n) is 3.75. The summed E-state index contributed by atoms with van der Waals surface area (Å²) in [6.07, 6.45) is 5.73. The molecule has 0 bridgehead atoms. The molecule has 0 N–H and O–H groups in total. The van der Waals surface area contributed by atoms with Crippen LogP contribution >= 0.6 is 27.5 Å². The van der Waals surface area contributed by atoms with E-state index in [1.54, 1.807) is 0 Å². The Hall–Kier alpha value is -0.930. The normalized spacial score (nSPS) is 16.7. The van der Waals surface area contributed by atoms with Gasteiger partial charge in [-0.2, -0.15) is 5.10 Å². The standard InChI is InChI=1S/C19H22BrClN2/c1-12-8-14(20)9-13(2)16(12)10-15-11-17(18(21)23-22-15)19(3)6-4-5-7-19/h8-9,11H,4-7,10H2,1-3H3. The molecule has 0 atom stereocenters. The summed E-state index contributed by atoms with van der Waals surface area (Å²) in [6, 6.07) is 6.50. The average Bonchev–Trinajstić information content (AvgIpc) is 2.92. The molecular weight excluding hydrogens is 372 g/mol. The Morgan fingerprint density at radius 1 is 1.09 bits per heavy atom. The van der Waals surface area contributed by atoms with Gasteiger partial charge in [-0.3, -0.25) is 0 Å². The summed E-state index contributed by atoms with van der Waals surface area (Å²) in [5, 5.41) is 9.17. The van der Waals surface area contributed by atoms with Gasteiger partial charge in [-0.05, 0) is 72.6 Å². The summed E-state index contributed by atoms with van der Waals surface area (Å²) in [5.74, 6) is 0. The fourth-order valence-corrected chi connectivity index (χ4v) is 4.76. The van der Waals surface area contributed by atoms with Crippen LogP contribution in [0.1, 0.15) is 60.6 Å². The molecule has 4 heteroatoms. The zero-order valence-corrected chi connectivity index (χ0v) is 16.3. The number of hydrogen-bond donors (Lipinski definition) is 0. The summed E-state index contributed by atoms with van der Waals surface area (Å²) < 4.78 is 1.12. The maximum atomic E-state index is 6.37. The molecule has 1 aliphatic carbocycles. The Morgan fingerprint density at radius 3 is 2.30 bits per heavy atom. The number of nitrogens with zero attached hydrogens (tertiary/aromatic N) is 2. The zero-order chi connectivity index (χ0) is 16.6. The van der Waals surface area contributed by atoms with E-state index in [2.05, 4.69) is 65.1 Å². The van der Waals surface area contributed by atoms with E-state index >= 15 is 0 Å². The van der Waals surface area contributed by atoms with Crippen LogP contribution in [0.15, 0.2) is 22.7 Å². The van der Waals surface area contributed by atoms with Crippen LogP contribution in [-0.4, -0.2) is 10.2 Å². The molecule has 0 spiro atoms. The monoisotopic (exact) mass is 392 g/mol. The maximum Gasteiger partial charge on any atom is 0.155 e. The maximum absolute atomic E-state index is 6.37. The van der Waals surface area contributed by atoms with Gasteiger partial charge in [0, 0.05) is 10.9 Å². The molecule has 0 aliphatic heterocycles. The van der Waals surface area contributed by atoms with E-state index in [1.165, 1.54) is 47.9 Å². The molecule has 23 heavy (non-hydrogen) atoms. The first kappa shape index (κ1) is 16.9. The summed E-state index contributed by atoms with van der Waals surface area (Å²) in [4.78, 5) is 0. The fraction of sp³-hybridized carbons (Fsp3) is 0.474. The van der Waals surface area contributed by atoms with E-state index in [1.807, 2.05) is 0 Å². The molecule has 1 saturated carbocycles. The minimum Gasteiger partial charge on any atom is -0.154 e. The highest BCUT2D eigenvalue weighted by atomic mass is 79.9. The highest BCUT2D eigenvalue weighted by Gasteiger charge is 2.33. The SMILES string of the molecule is Cc1cc(Br)cc(C)c1Cc1cc(C2(C)CCCC2)c(Cl)nn1. The van der Waals surface area contributed by atoms with Gasteiger partial charge in [0.25, 0.3) is 0 Å². The highest BCUT2D eigenvalue weighted by Crippen LogP contribution is 2.43. The summed E-state index contributed by atoms with van der Waals surface area (Å²) in [7, 11) is 0. The second kappa shape index (κ2) is 6.52. The molecule has 0 unspecified atom stereocenters. The molecule has 2 nitrogen and oxygen atoms in total. The number of benzene rings is 1. The molecular formula is C19H22BrClN2. The van der Waals surface area contributed by atoms with Gasteiger partial charge in [-0.15, -0.1) is 5.10 Å². The molecule has 0 amide bonds. The van der Waals surface area contributed by atoms with Gasteiger partial charge in [0.2, 0.25) is 0 Å². The van der Waals surface area contributed by atoms with Crippen molar-refractivity contribution in [3.63, 3.8) is 0 Å². The first-order valence-electron chi connectivity index (χ1n) is 8.17. The van der Waals surface area contributed by atoms with Crippen molar-refractivity contribution in [1.29, 1.82) is 0 Å². The van der Waals surface area contributed by atoms with Gasteiger partial charge >= 0.3 is 0 Å². The van der Waals surface area contributed by atoms with Crippen molar-refractivity contribution in [2.75, 3.05) is 0 Å². The van der Waals surface area contributed by atoms with Crippen LogP contribution in [0.2, 0.25) is 5.15 Å². The Bertz CT molecular complexity index is 713. The molecule has 3 rings (SSSR count). The summed E-state index contributed by atoms with van der Waals surface area (Å²) in [6.45, 7) is 6.61. The van der Waals surface area contributed by atoms with Crippen LogP contribution < -0.4 is 0 Å². The quantitative estimate of drug-likeness (QED) is 0.645. The molecule has 122 valence electrons. The lowest BCUT2D eigenvalue weighted by molar-refractivity contribution is 0.487. The van der Waals surface area contributed by atoms with Crippen LogP contribution in [0.4, 0.5) is 0 Å². The van der Waals surface area contributed by atoms with E-state index in [0.29, 0.717) is 5.15 Å². The van der Waals surface area contributed by atoms with E-state index in [0.717, 1.165) is 16.6 Å². The topological polar surface area (TPSA) is 25.8 Å². The molecule has 2 aromatic rings. The predicted octanol–water partition coefficient (Wildman–Crippen LogP) is 5.93. The highest BCUT2D eigenvalue weighted by molar-refractivity contribution is 9.10. The van der Waals surface area contributed by atoms with Gasteiger partial charge in [0.15, 0.2) is 5.15 Å². The van der Waals surface area contributed by atoms with Gasteiger partial charge in [0.05, 0.1) is 5.69 Å². The summed E-state index contributed by atoms with van der Waals surface area (Å²) in [5.41, 5.74) is 6.22. The van der Waals surface area contributed by atoms with E-state index < -0.39 is 0 Å². The molecule has 0 radical (unpaired) electrons. The number of aromatic nitrogens is 2. The van der Waals surface area contributed by atoms with Crippen molar-refractivity contribution in [2.45, 2.75) is 58.3 Å². The lowest BCUT2D eigenvalue weighted by atomic mass is 9.81. The van der Waals surface area contributed by atoms with Crippen molar-refractivity contribution >= 4 is 27.5 Å². The lowest BCUT2D eigenvalue weighted by Crippen LogP contribution is -2.19.